The van der Waals surface area contributed by atoms with E-state index in [1.165, 1.54) is 0 Å². The van der Waals surface area contributed by atoms with Gasteiger partial charge in [-0.25, -0.2) is 0 Å². The minimum absolute atomic E-state index is 0.0664. The van der Waals surface area contributed by atoms with Gasteiger partial charge in [0.05, 0.1) is 34.1 Å². The van der Waals surface area contributed by atoms with Crippen LogP contribution in [-0.2, 0) is 4.79 Å². The van der Waals surface area contributed by atoms with E-state index in [0.29, 0.717) is 47.7 Å². The Kier molecular flexibility index (Phi) is 5.59. The number of carbonyl (C=O) groups excluding carboxylic acids is 1. The number of hydrogen-bond acceptors (Lipinski definition) is 7. The summed E-state index contributed by atoms with van der Waals surface area (Å²) < 4.78 is 34.1. The van der Waals surface area contributed by atoms with E-state index >= 15 is 0 Å². The first-order valence-corrected chi connectivity index (χ1v) is 12.0. The summed E-state index contributed by atoms with van der Waals surface area (Å²) >= 11 is 0. The molecule has 190 valence electrons. The SMILES string of the molecule is COc1cc2c3c(c4cc(OC)c(OC)cc4c2cc1OC)C(c1ccc2c(c1)OCCO2)CC(=O)N3. The van der Waals surface area contributed by atoms with Crippen LogP contribution in [0.25, 0.3) is 21.5 Å². The van der Waals surface area contributed by atoms with E-state index in [9.17, 15) is 4.79 Å². The van der Waals surface area contributed by atoms with Gasteiger partial charge in [-0.15, -0.1) is 0 Å². The second kappa shape index (κ2) is 8.96. The molecule has 6 rings (SSSR count). The van der Waals surface area contributed by atoms with Crippen LogP contribution in [0, 0.1) is 0 Å². The van der Waals surface area contributed by atoms with Crippen LogP contribution in [0.2, 0.25) is 0 Å². The fourth-order valence-electron chi connectivity index (χ4n) is 5.45. The third-order valence-corrected chi connectivity index (χ3v) is 7.14. The number of ether oxygens (including phenoxy) is 6. The highest BCUT2D eigenvalue weighted by Gasteiger charge is 2.32. The molecule has 0 fully saturated rings. The molecule has 2 aliphatic heterocycles. The van der Waals surface area contributed by atoms with Crippen LogP contribution in [0.5, 0.6) is 34.5 Å². The average molecular weight is 502 g/mol. The fraction of sp³-hybridized carbons (Fsp3) is 0.276. The van der Waals surface area contributed by atoms with Crippen molar-refractivity contribution in [3.05, 3.63) is 53.6 Å². The summed E-state index contributed by atoms with van der Waals surface area (Å²) in [6.07, 6.45) is 0.287. The van der Waals surface area contributed by atoms with Crippen molar-refractivity contribution in [2.24, 2.45) is 0 Å². The van der Waals surface area contributed by atoms with Gasteiger partial charge >= 0.3 is 0 Å². The van der Waals surface area contributed by atoms with Crippen molar-refractivity contribution in [1.82, 2.24) is 0 Å². The number of carbonyl (C=O) groups is 1. The second-order valence-corrected chi connectivity index (χ2v) is 9.00. The molecule has 0 bridgehead atoms. The molecule has 2 heterocycles. The molecule has 0 aliphatic carbocycles. The quantitative estimate of drug-likeness (QED) is 0.373. The highest BCUT2D eigenvalue weighted by atomic mass is 16.6. The van der Waals surface area contributed by atoms with Crippen molar-refractivity contribution in [2.75, 3.05) is 47.0 Å². The summed E-state index contributed by atoms with van der Waals surface area (Å²) in [7, 11) is 6.44. The number of anilines is 1. The van der Waals surface area contributed by atoms with Crippen molar-refractivity contribution < 1.29 is 33.2 Å². The highest BCUT2D eigenvalue weighted by molar-refractivity contribution is 6.20. The van der Waals surface area contributed by atoms with Crippen molar-refractivity contribution in [3.8, 4) is 34.5 Å². The molecule has 0 aromatic heterocycles. The first kappa shape index (κ1) is 23.1. The van der Waals surface area contributed by atoms with Gasteiger partial charge in [-0.05, 0) is 63.7 Å². The van der Waals surface area contributed by atoms with Gasteiger partial charge in [0.1, 0.15) is 13.2 Å². The predicted molar refractivity (Wildman–Crippen MR) is 140 cm³/mol. The zero-order valence-corrected chi connectivity index (χ0v) is 21.1. The van der Waals surface area contributed by atoms with Crippen LogP contribution in [0.15, 0.2) is 42.5 Å². The van der Waals surface area contributed by atoms with E-state index in [1.807, 2.05) is 42.5 Å². The molecule has 2 aliphatic rings. The summed E-state index contributed by atoms with van der Waals surface area (Å²) in [5, 5.41) is 6.80. The van der Waals surface area contributed by atoms with Crippen LogP contribution < -0.4 is 33.7 Å². The van der Waals surface area contributed by atoms with Crippen molar-refractivity contribution in [1.29, 1.82) is 0 Å². The van der Waals surface area contributed by atoms with Crippen molar-refractivity contribution in [2.45, 2.75) is 12.3 Å². The van der Waals surface area contributed by atoms with Gasteiger partial charge in [-0.1, -0.05) is 6.07 Å². The Balaban J connectivity index is 1.71. The lowest BCUT2D eigenvalue weighted by Crippen LogP contribution is -2.24. The number of fused-ring (bicyclic) bond motifs is 7. The number of methoxy groups -OCH3 is 4. The third kappa shape index (κ3) is 3.63. The number of amides is 1. The maximum Gasteiger partial charge on any atom is 0.225 e. The lowest BCUT2D eigenvalue weighted by molar-refractivity contribution is -0.116. The molecule has 1 unspecified atom stereocenters. The first-order chi connectivity index (χ1) is 18.1. The molecule has 1 atom stereocenters. The molecule has 4 aromatic rings. The van der Waals surface area contributed by atoms with E-state index in [0.717, 1.165) is 38.4 Å². The van der Waals surface area contributed by atoms with Gasteiger partial charge in [0.25, 0.3) is 0 Å². The van der Waals surface area contributed by atoms with E-state index < -0.39 is 0 Å². The molecule has 0 saturated carbocycles. The summed E-state index contributed by atoms with van der Waals surface area (Å²) in [6.45, 7) is 1.01. The Bertz CT molecular complexity index is 1560. The number of benzene rings is 4. The Labute approximate surface area is 214 Å². The predicted octanol–water partition coefficient (Wildman–Crippen LogP) is 5.27. The van der Waals surface area contributed by atoms with Gasteiger partial charge in [0, 0.05) is 17.7 Å². The Hall–Kier alpha value is -4.33. The molecular formula is C29H27NO7. The monoisotopic (exact) mass is 501 g/mol. The number of hydrogen-bond donors (Lipinski definition) is 1. The van der Waals surface area contributed by atoms with Crippen LogP contribution in [0.3, 0.4) is 0 Å². The molecule has 1 amide bonds. The minimum Gasteiger partial charge on any atom is -0.493 e. The number of rotatable bonds is 5. The van der Waals surface area contributed by atoms with Crippen LogP contribution in [0.4, 0.5) is 5.69 Å². The van der Waals surface area contributed by atoms with Gasteiger partial charge in [0.2, 0.25) is 5.91 Å². The zero-order chi connectivity index (χ0) is 25.7. The largest absolute Gasteiger partial charge is 0.493 e. The van der Waals surface area contributed by atoms with Crippen LogP contribution in [-0.4, -0.2) is 47.6 Å². The lowest BCUT2D eigenvalue weighted by atomic mass is 9.79. The summed E-state index contributed by atoms with van der Waals surface area (Å²) in [6, 6.07) is 13.7. The molecule has 0 radical (unpaired) electrons. The maximum absolute atomic E-state index is 13.1. The summed E-state index contributed by atoms with van der Waals surface area (Å²) in [5.74, 6) is 3.50. The zero-order valence-electron chi connectivity index (χ0n) is 21.1. The number of nitrogens with one attached hydrogen (secondary N) is 1. The van der Waals surface area contributed by atoms with Crippen LogP contribution in [0.1, 0.15) is 23.5 Å². The van der Waals surface area contributed by atoms with E-state index in [4.69, 9.17) is 28.4 Å². The van der Waals surface area contributed by atoms with Gasteiger partial charge in [-0.2, -0.15) is 0 Å². The standard InChI is InChI=1S/C29H27NO7/c1-32-22-10-17-18-11-23(33-2)25(35-4)13-20(18)29-28(19(17)12-24(22)34-3)16(14-27(31)30-29)15-5-6-21-26(9-15)37-8-7-36-21/h5-6,9-13,16H,7-8,14H2,1-4H3,(H,30,31). The van der Waals surface area contributed by atoms with Crippen molar-refractivity contribution >= 4 is 33.1 Å². The van der Waals surface area contributed by atoms with E-state index in [-0.39, 0.29) is 18.2 Å². The molecule has 8 heteroatoms. The molecule has 1 N–H and O–H groups in total. The molecule has 8 nitrogen and oxygen atoms in total. The van der Waals surface area contributed by atoms with Gasteiger partial charge in [-0.3, -0.25) is 4.79 Å². The summed E-state index contributed by atoms with van der Waals surface area (Å²) in [4.78, 5) is 13.1. The molecular weight excluding hydrogens is 474 g/mol. The molecule has 0 spiro atoms. The lowest BCUT2D eigenvalue weighted by Gasteiger charge is -2.30. The third-order valence-electron chi connectivity index (χ3n) is 7.14. The van der Waals surface area contributed by atoms with Gasteiger partial charge < -0.3 is 33.7 Å². The van der Waals surface area contributed by atoms with Crippen LogP contribution >= 0.6 is 0 Å². The highest BCUT2D eigenvalue weighted by Crippen LogP contribution is 2.51. The molecule has 0 saturated heterocycles. The Morgan fingerprint density at radius 2 is 1.24 bits per heavy atom. The molecule has 4 aromatic carbocycles. The van der Waals surface area contributed by atoms with E-state index in [1.54, 1.807) is 28.4 Å². The maximum atomic E-state index is 13.1. The average Bonchev–Trinajstić information content (AvgIpc) is 2.94. The normalized spacial score (nSPS) is 16.2. The second-order valence-electron chi connectivity index (χ2n) is 9.00. The Morgan fingerprint density at radius 3 is 1.86 bits per heavy atom. The van der Waals surface area contributed by atoms with E-state index in [2.05, 4.69) is 5.32 Å². The Morgan fingerprint density at radius 1 is 0.703 bits per heavy atom. The fourth-order valence-corrected chi connectivity index (χ4v) is 5.45. The van der Waals surface area contributed by atoms with Gasteiger partial charge in [0.15, 0.2) is 34.5 Å². The smallest absolute Gasteiger partial charge is 0.225 e. The van der Waals surface area contributed by atoms with Crippen molar-refractivity contribution in [3.63, 3.8) is 0 Å². The molecule has 37 heavy (non-hydrogen) atoms. The first-order valence-electron chi connectivity index (χ1n) is 12.0. The minimum atomic E-state index is -0.224. The topological polar surface area (TPSA) is 84.5 Å². The summed E-state index contributed by atoms with van der Waals surface area (Å²) in [5.41, 5.74) is 2.70.